The fourth-order valence-electron chi connectivity index (χ4n) is 6.25. The lowest BCUT2D eigenvalue weighted by Gasteiger charge is -2.11. The second-order valence-corrected chi connectivity index (χ2v) is 11.5. The highest BCUT2D eigenvalue weighted by Crippen LogP contribution is 2.40. The Hall–Kier alpha value is -6.46. The van der Waals surface area contributed by atoms with Gasteiger partial charge in [-0.25, -0.2) is 15.0 Å². The second kappa shape index (κ2) is 11.2. The van der Waals surface area contributed by atoms with Gasteiger partial charge in [-0.2, -0.15) is 0 Å². The molecule has 0 spiro atoms. The Labute approximate surface area is 270 Å². The standard InChI is InChI=1S/C42H26N4O/c1-3-12-28(13-4-1)40-44-41(29-14-5-2-6-15-29)46-42(45-40)33-18-9-17-31(24-33)34-25-35(32-21-20-27-11-7-8-16-30(27)23-32)38-37(26-34)47-36-19-10-22-43-39(36)38/h1-26H. The summed E-state index contributed by atoms with van der Waals surface area (Å²) < 4.78 is 6.41. The summed E-state index contributed by atoms with van der Waals surface area (Å²) in [5, 5.41) is 3.39. The molecule has 0 radical (unpaired) electrons. The van der Waals surface area contributed by atoms with Gasteiger partial charge in [-0.1, -0.05) is 115 Å². The lowest BCUT2D eigenvalue weighted by Crippen LogP contribution is -2.00. The van der Waals surface area contributed by atoms with Crippen LogP contribution in [0.3, 0.4) is 0 Å². The van der Waals surface area contributed by atoms with Gasteiger partial charge in [-0.3, -0.25) is 4.98 Å². The van der Waals surface area contributed by atoms with Crippen molar-refractivity contribution in [2.75, 3.05) is 0 Å². The topological polar surface area (TPSA) is 64.7 Å². The van der Waals surface area contributed by atoms with E-state index in [1.807, 2.05) is 79.0 Å². The van der Waals surface area contributed by atoms with E-state index in [-0.39, 0.29) is 0 Å². The highest BCUT2D eigenvalue weighted by Gasteiger charge is 2.18. The molecular formula is C42H26N4O. The van der Waals surface area contributed by atoms with Crippen LogP contribution >= 0.6 is 0 Å². The first-order valence-electron chi connectivity index (χ1n) is 15.5. The van der Waals surface area contributed by atoms with Crippen LogP contribution in [0, 0.1) is 0 Å². The molecule has 220 valence electrons. The van der Waals surface area contributed by atoms with Crippen LogP contribution in [-0.2, 0) is 0 Å². The summed E-state index contributed by atoms with van der Waals surface area (Å²) in [6.45, 7) is 0. The molecule has 3 aromatic heterocycles. The maximum atomic E-state index is 6.41. The zero-order valence-corrected chi connectivity index (χ0v) is 25.2. The van der Waals surface area contributed by atoms with E-state index >= 15 is 0 Å². The minimum atomic E-state index is 0.614. The molecular weight excluding hydrogens is 576 g/mol. The van der Waals surface area contributed by atoms with Crippen LogP contribution in [0.5, 0.6) is 0 Å². The summed E-state index contributed by atoms with van der Waals surface area (Å²) in [6, 6.07) is 51.7. The van der Waals surface area contributed by atoms with Crippen molar-refractivity contribution in [2.45, 2.75) is 0 Å². The number of pyridine rings is 1. The average Bonchev–Trinajstić information content (AvgIpc) is 3.53. The summed E-state index contributed by atoms with van der Waals surface area (Å²) in [7, 11) is 0. The number of benzene rings is 6. The van der Waals surface area contributed by atoms with Crippen LogP contribution in [0.2, 0.25) is 0 Å². The Morgan fingerprint density at radius 3 is 1.77 bits per heavy atom. The van der Waals surface area contributed by atoms with E-state index in [2.05, 4.69) is 78.9 Å². The quantitative estimate of drug-likeness (QED) is 0.196. The summed E-state index contributed by atoms with van der Waals surface area (Å²) in [5.74, 6) is 1.88. The normalized spacial score (nSPS) is 11.4. The van der Waals surface area contributed by atoms with Crippen molar-refractivity contribution < 1.29 is 4.42 Å². The van der Waals surface area contributed by atoms with Crippen molar-refractivity contribution in [2.24, 2.45) is 0 Å². The second-order valence-electron chi connectivity index (χ2n) is 11.5. The predicted molar refractivity (Wildman–Crippen MR) is 190 cm³/mol. The van der Waals surface area contributed by atoms with Crippen molar-refractivity contribution >= 4 is 32.8 Å². The van der Waals surface area contributed by atoms with Gasteiger partial charge in [0.05, 0.1) is 5.39 Å². The monoisotopic (exact) mass is 602 g/mol. The fraction of sp³-hybridized carbons (Fsp3) is 0. The SMILES string of the molecule is c1ccc(-c2nc(-c3ccccc3)nc(-c3cccc(-c4cc(-c5ccc6ccccc6c5)c5c(c4)oc4cccnc45)c3)n2)cc1. The minimum Gasteiger partial charge on any atom is -0.454 e. The molecule has 0 N–H and O–H groups in total. The van der Waals surface area contributed by atoms with Gasteiger partial charge in [0, 0.05) is 22.9 Å². The van der Waals surface area contributed by atoms with Gasteiger partial charge in [0.2, 0.25) is 0 Å². The third-order valence-electron chi connectivity index (χ3n) is 8.54. The lowest BCUT2D eigenvalue weighted by atomic mass is 9.93. The van der Waals surface area contributed by atoms with Gasteiger partial charge >= 0.3 is 0 Å². The molecule has 0 atom stereocenters. The first-order chi connectivity index (χ1) is 23.3. The van der Waals surface area contributed by atoms with Gasteiger partial charge in [0.15, 0.2) is 23.1 Å². The lowest BCUT2D eigenvalue weighted by molar-refractivity contribution is 0.668. The Balaban J connectivity index is 1.23. The number of rotatable bonds is 5. The van der Waals surface area contributed by atoms with Crippen molar-refractivity contribution in [1.29, 1.82) is 0 Å². The van der Waals surface area contributed by atoms with Crippen LogP contribution in [0.4, 0.5) is 0 Å². The highest BCUT2D eigenvalue weighted by atomic mass is 16.3. The third-order valence-corrected chi connectivity index (χ3v) is 8.54. The molecule has 0 saturated heterocycles. The van der Waals surface area contributed by atoms with Crippen molar-refractivity contribution in [1.82, 2.24) is 19.9 Å². The first kappa shape index (κ1) is 26.9. The largest absolute Gasteiger partial charge is 0.454 e. The molecule has 0 bridgehead atoms. The molecule has 0 amide bonds. The molecule has 3 heterocycles. The Morgan fingerprint density at radius 1 is 0.383 bits per heavy atom. The van der Waals surface area contributed by atoms with Gasteiger partial charge in [-0.15, -0.1) is 0 Å². The van der Waals surface area contributed by atoms with Gasteiger partial charge in [-0.05, 0) is 69.4 Å². The molecule has 9 aromatic rings. The zero-order chi connectivity index (χ0) is 31.2. The van der Waals surface area contributed by atoms with Crippen LogP contribution in [0.25, 0.3) is 89.3 Å². The maximum Gasteiger partial charge on any atom is 0.164 e. The highest BCUT2D eigenvalue weighted by molar-refractivity contribution is 6.12. The molecule has 5 heteroatoms. The van der Waals surface area contributed by atoms with Crippen LogP contribution in [0.1, 0.15) is 0 Å². The number of aromatic nitrogens is 4. The van der Waals surface area contributed by atoms with Crippen molar-refractivity contribution in [3.8, 4) is 56.4 Å². The molecule has 0 fully saturated rings. The van der Waals surface area contributed by atoms with E-state index in [4.69, 9.17) is 24.4 Å². The van der Waals surface area contributed by atoms with E-state index in [1.165, 1.54) is 10.8 Å². The van der Waals surface area contributed by atoms with E-state index in [0.29, 0.717) is 17.5 Å². The molecule has 0 aliphatic rings. The molecule has 9 rings (SSSR count). The summed E-state index contributed by atoms with van der Waals surface area (Å²) in [6.07, 6.45) is 1.82. The number of hydrogen-bond donors (Lipinski definition) is 0. The van der Waals surface area contributed by atoms with Gasteiger partial charge in [0.1, 0.15) is 11.1 Å². The fourth-order valence-corrected chi connectivity index (χ4v) is 6.25. The Kier molecular flexibility index (Phi) is 6.39. The molecule has 0 aliphatic heterocycles. The molecule has 0 unspecified atom stereocenters. The van der Waals surface area contributed by atoms with Crippen molar-refractivity contribution in [3.05, 3.63) is 158 Å². The molecule has 5 nitrogen and oxygen atoms in total. The molecule has 47 heavy (non-hydrogen) atoms. The molecule has 6 aromatic carbocycles. The van der Waals surface area contributed by atoms with Crippen LogP contribution < -0.4 is 0 Å². The Morgan fingerprint density at radius 2 is 1.02 bits per heavy atom. The number of furan rings is 1. The average molecular weight is 603 g/mol. The zero-order valence-electron chi connectivity index (χ0n) is 25.2. The Bertz CT molecular complexity index is 2520. The summed E-state index contributed by atoms with van der Waals surface area (Å²) in [4.78, 5) is 19.5. The smallest absolute Gasteiger partial charge is 0.164 e. The minimum absolute atomic E-state index is 0.614. The number of fused-ring (bicyclic) bond motifs is 4. The van der Waals surface area contributed by atoms with Crippen LogP contribution in [0.15, 0.2) is 162 Å². The van der Waals surface area contributed by atoms with E-state index < -0.39 is 0 Å². The van der Waals surface area contributed by atoms with Gasteiger partial charge in [0.25, 0.3) is 0 Å². The third kappa shape index (κ3) is 4.91. The van der Waals surface area contributed by atoms with Gasteiger partial charge < -0.3 is 4.42 Å². The summed E-state index contributed by atoms with van der Waals surface area (Å²) in [5.41, 5.74) is 9.44. The van der Waals surface area contributed by atoms with Crippen molar-refractivity contribution in [3.63, 3.8) is 0 Å². The number of hydrogen-bond acceptors (Lipinski definition) is 5. The summed E-state index contributed by atoms with van der Waals surface area (Å²) >= 11 is 0. The van der Waals surface area contributed by atoms with E-state index in [0.717, 1.165) is 61.0 Å². The van der Waals surface area contributed by atoms with Crippen LogP contribution in [-0.4, -0.2) is 19.9 Å². The predicted octanol–water partition coefficient (Wildman–Crippen LogP) is 10.7. The first-order valence-corrected chi connectivity index (χ1v) is 15.5. The number of nitrogens with zero attached hydrogens (tertiary/aromatic N) is 4. The van der Waals surface area contributed by atoms with E-state index in [9.17, 15) is 0 Å². The molecule has 0 aliphatic carbocycles. The van der Waals surface area contributed by atoms with E-state index in [1.54, 1.807) is 0 Å². The maximum absolute atomic E-state index is 6.41. The molecule has 0 saturated carbocycles.